The minimum absolute atomic E-state index is 0.0440. The van der Waals surface area contributed by atoms with Crippen molar-refractivity contribution in [3.63, 3.8) is 0 Å². The smallest absolute Gasteiger partial charge is 0.353 e. The summed E-state index contributed by atoms with van der Waals surface area (Å²) in [5.41, 5.74) is 2.22. The van der Waals surface area contributed by atoms with E-state index in [4.69, 9.17) is 5.11 Å². The van der Waals surface area contributed by atoms with E-state index in [1.165, 1.54) is 12.1 Å². The number of aromatic hydroxyl groups is 1. The highest BCUT2D eigenvalue weighted by molar-refractivity contribution is 5.87. The quantitative estimate of drug-likeness (QED) is 0.717. The number of benzene rings is 1. The Bertz CT molecular complexity index is 546. The summed E-state index contributed by atoms with van der Waals surface area (Å²) < 4.78 is 0. The Morgan fingerprint density at radius 1 is 1.38 bits per heavy atom. The normalized spacial score (nSPS) is 10.3. The molecule has 0 amide bonds. The first-order valence-electron chi connectivity index (χ1n) is 4.66. The van der Waals surface area contributed by atoms with Gasteiger partial charge in [-0.05, 0) is 36.8 Å². The van der Waals surface area contributed by atoms with E-state index in [0.717, 1.165) is 11.1 Å². The SMILES string of the molecule is Cc1cc(O)ccc1-c1cc(C(=O)O)[nH]n1. The van der Waals surface area contributed by atoms with Crippen molar-refractivity contribution >= 4 is 5.97 Å². The number of rotatable bonds is 2. The maximum absolute atomic E-state index is 10.7. The van der Waals surface area contributed by atoms with Crippen LogP contribution in [0.1, 0.15) is 16.1 Å². The first kappa shape index (κ1) is 10.2. The van der Waals surface area contributed by atoms with Gasteiger partial charge in [-0.2, -0.15) is 5.10 Å². The van der Waals surface area contributed by atoms with Crippen LogP contribution in [0, 0.1) is 6.92 Å². The number of carboxylic acids is 1. The van der Waals surface area contributed by atoms with Crippen molar-refractivity contribution in [2.75, 3.05) is 0 Å². The number of phenolic OH excluding ortho intramolecular Hbond substituents is 1. The maximum Gasteiger partial charge on any atom is 0.353 e. The molecular weight excluding hydrogens is 208 g/mol. The van der Waals surface area contributed by atoms with E-state index in [9.17, 15) is 9.90 Å². The number of hydrogen-bond acceptors (Lipinski definition) is 3. The molecule has 2 rings (SSSR count). The van der Waals surface area contributed by atoms with E-state index < -0.39 is 5.97 Å². The fraction of sp³-hybridized carbons (Fsp3) is 0.0909. The molecule has 2 aromatic rings. The van der Waals surface area contributed by atoms with Crippen molar-refractivity contribution in [2.45, 2.75) is 6.92 Å². The molecule has 1 heterocycles. The van der Waals surface area contributed by atoms with Crippen molar-refractivity contribution in [1.82, 2.24) is 10.2 Å². The molecule has 0 bridgehead atoms. The van der Waals surface area contributed by atoms with E-state index >= 15 is 0 Å². The minimum atomic E-state index is -1.05. The Morgan fingerprint density at radius 3 is 2.69 bits per heavy atom. The second-order valence-electron chi connectivity index (χ2n) is 3.47. The molecule has 0 aliphatic rings. The molecule has 82 valence electrons. The summed E-state index contributed by atoms with van der Waals surface area (Å²) in [5.74, 6) is -0.870. The second kappa shape index (κ2) is 3.69. The van der Waals surface area contributed by atoms with Crippen molar-refractivity contribution < 1.29 is 15.0 Å². The lowest BCUT2D eigenvalue weighted by molar-refractivity contribution is 0.0690. The van der Waals surface area contributed by atoms with Crippen molar-refractivity contribution in [3.05, 3.63) is 35.5 Å². The van der Waals surface area contributed by atoms with Crippen molar-refractivity contribution in [3.8, 4) is 17.0 Å². The Labute approximate surface area is 91.4 Å². The van der Waals surface area contributed by atoms with Gasteiger partial charge in [0.2, 0.25) is 0 Å². The molecule has 0 fully saturated rings. The summed E-state index contributed by atoms with van der Waals surface area (Å²) in [6, 6.07) is 6.30. The van der Waals surface area contributed by atoms with Gasteiger partial charge in [0.1, 0.15) is 11.4 Å². The molecule has 1 aromatic heterocycles. The van der Waals surface area contributed by atoms with E-state index in [0.29, 0.717) is 5.69 Å². The van der Waals surface area contributed by atoms with Crippen LogP contribution in [0.2, 0.25) is 0 Å². The summed E-state index contributed by atoms with van der Waals surface area (Å²) in [4.78, 5) is 10.7. The first-order chi connectivity index (χ1) is 7.58. The Balaban J connectivity index is 2.46. The van der Waals surface area contributed by atoms with Gasteiger partial charge < -0.3 is 10.2 Å². The fourth-order valence-corrected chi connectivity index (χ4v) is 1.50. The van der Waals surface area contributed by atoms with Crippen molar-refractivity contribution in [1.29, 1.82) is 0 Å². The summed E-state index contributed by atoms with van der Waals surface area (Å²) in [7, 11) is 0. The van der Waals surface area contributed by atoms with Crippen LogP contribution in [0.5, 0.6) is 5.75 Å². The van der Waals surface area contributed by atoms with Crippen LogP contribution >= 0.6 is 0 Å². The number of aromatic nitrogens is 2. The molecule has 0 aliphatic heterocycles. The number of carbonyl (C=O) groups is 1. The number of nitrogens with one attached hydrogen (secondary N) is 1. The number of carboxylic acid groups (broad SMARTS) is 1. The van der Waals surface area contributed by atoms with Gasteiger partial charge in [0.15, 0.2) is 0 Å². The van der Waals surface area contributed by atoms with Gasteiger partial charge in [-0.1, -0.05) is 0 Å². The maximum atomic E-state index is 10.7. The lowest BCUT2D eigenvalue weighted by Gasteiger charge is -2.01. The standard InChI is InChI=1S/C11H10N2O3/c1-6-4-7(14)2-3-8(6)9-5-10(11(15)16)13-12-9/h2-5,14H,1H3,(H,12,13)(H,15,16). The summed E-state index contributed by atoms with van der Waals surface area (Å²) >= 11 is 0. The predicted octanol–water partition coefficient (Wildman–Crippen LogP) is 1.79. The molecule has 5 nitrogen and oxygen atoms in total. The molecule has 0 saturated heterocycles. The molecule has 5 heteroatoms. The third kappa shape index (κ3) is 1.75. The Hall–Kier alpha value is -2.30. The zero-order chi connectivity index (χ0) is 11.7. The number of aryl methyl sites for hydroxylation is 1. The topological polar surface area (TPSA) is 86.2 Å². The van der Waals surface area contributed by atoms with Gasteiger partial charge in [0.05, 0.1) is 5.69 Å². The highest BCUT2D eigenvalue weighted by Gasteiger charge is 2.10. The van der Waals surface area contributed by atoms with Crippen LogP contribution in [0.4, 0.5) is 0 Å². The van der Waals surface area contributed by atoms with E-state index in [-0.39, 0.29) is 11.4 Å². The molecule has 0 atom stereocenters. The summed E-state index contributed by atoms with van der Waals surface area (Å²) in [5, 5.41) is 24.3. The average molecular weight is 218 g/mol. The van der Waals surface area contributed by atoms with E-state index in [1.807, 2.05) is 6.92 Å². The van der Waals surface area contributed by atoms with Crippen LogP contribution < -0.4 is 0 Å². The van der Waals surface area contributed by atoms with Gasteiger partial charge in [-0.15, -0.1) is 0 Å². The number of aromatic amines is 1. The van der Waals surface area contributed by atoms with Crippen LogP contribution in [0.15, 0.2) is 24.3 Å². The zero-order valence-corrected chi connectivity index (χ0v) is 8.56. The average Bonchev–Trinajstić information content (AvgIpc) is 2.66. The molecule has 16 heavy (non-hydrogen) atoms. The number of hydrogen-bond donors (Lipinski definition) is 3. The largest absolute Gasteiger partial charge is 0.508 e. The molecule has 0 unspecified atom stereocenters. The summed E-state index contributed by atoms with van der Waals surface area (Å²) in [6.45, 7) is 1.82. The lowest BCUT2D eigenvalue weighted by atomic mass is 10.1. The Kier molecular flexibility index (Phi) is 2.36. The minimum Gasteiger partial charge on any atom is -0.508 e. The second-order valence-corrected chi connectivity index (χ2v) is 3.47. The van der Waals surface area contributed by atoms with Crippen LogP contribution in [0.25, 0.3) is 11.3 Å². The highest BCUT2D eigenvalue weighted by Crippen LogP contribution is 2.25. The fourth-order valence-electron chi connectivity index (χ4n) is 1.50. The van der Waals surface area contributed by atoms with Crippen LogP contribution in [-0.2, 0) is 0 Å². The van der Waals surface area contributed by atoms with Gasteiger partial charge in [-0.3, -0.25) is 5.10 Å². The first-order valence-corrected chi connectivity index (χ1v) is 4.66. The number of aromatic carboxylic acids is 1. The van der Waals surface area contributed by atoms with Gasteiger partial charge in [-0.25, -0.2) is 4.79 Å². The molecule has 0 radical (unpaired) electrons. The third-order valence-electron chi connectivity index (χ3n) is 2.29. The molecule has 3 N–H and O–H groups in total. The van der Waals surface area contributed by atoms with Crippen molar-refractivity contribution in [2.24, 2.45) is 0 Å². The molecule has 1 aromatic carbocycles. The number of nitrogens with zero attached hydrogens (tertiary/aromatic N) is 1. The van der Waals surface area contributed by atoms with E-state index in [2.05, 4.69) is 10.2 Å². The third-order valence-corrected chi connectivity index (χ3v) is 2.29. The van der Waals surface area contributed by atoms with Gasteiger partial charge in [0.25, 0.3) is 0 Å². The summed E-state index contributed by atoms with van der Waals surface area (Å²) in [6.07, 6.45) is 0. The van der Waals surface area contributed by atoms with E-state index in [1.54, 1.807) is 12.1 Å². The highest BCUT2D eigenvalue weighted by atomic mass is 16.4. The van der Waals surface area contributed by atoms with Gasteiger partial charge in [0, 0.05) is 5.56 Å². The number of phenols is 1. The Morgan fingerprint density at radius 2 is 2.12 bits per heavy atom. The molecular formula is C11H10N2O3. The number of H-pyrrole nitrogens is 1. The lowest BCUT2D eigenvalue weighted by Crippen LogP contribution is -1.95. The van der Waals surface area contributed by atoms with Crippen LogP contribution in [0.3, 0.4) is 0 Å². The van der Waals surface area contributed by atoms with Gasteiger partial charge >= 0.3 is 5.97 Å². The van der Waals surface area contributed by atoms with Crippen LogP contribution in [-0.4, -0.2) is 26.4 Å². The zero-order valence-electron chi connectivity index (χ0n) is 8.56. The molecule has 0 spiro atoms. The molecule has 0 saturated carbocycles. The predicted molar refractivity (Wildman–Crippen MR) is 57.4 cm³/mol. The molecule has 0 aliphatic carbocycles. The monoisotopic (exact) mass is 218 g/mol.